The van der Waals surface area contributed by atoms with Gasteiger partial charge in [0.05, 0.1) is 11.7 Å². The van der Waals surface area contributed by atoms with Crippen molar-refractivity contribution in [1.29, 1.82) is 0 Å². The predicted octanol–water partition coefficient (Wildman–Crippen LogP) is 3.14. The Morgan fingerprint density at radius 3 is 2.13 bits per heavy atom. The molecule has 0 radical (unpaired) electrons. The number of aliphatic hydroxyl groups is 1. The van der Waals surface area contributed by atoms with Crippen LogP contribution in [-0.4, -0.2) is 34.8 Å². The van der Waals surface area contributed by atoms with Gasteiger partial charge in [0.15, 0.2) is 23.3 Å². The van der Waals surface area contributed by atoms with Crippen molar-refractivity contribution < 1.29 is 32.2 Å². The van der Waals surface area contributed by atoms with Crippen LogP contribution in [0.3, 0.4) is 0 Å². The number of halogens is 4. The molecule has 0 aliphatic carbocycles. The molecule has 1 aromatic rings. The van der Waals surface area contributed by atoms with Crippen LogP contribution in [-0.2, 0) is 4.74 Å². The van der Waals surface area contributed by atoms with Gasteiger partial charge in [-0.15, -0.1) is 0 Å². The van der Waals surface area contributed by atoms with Crippen LogP contribution in [0.5, 0.6) is 0 Å². The second kappa shape index (κ2) is 5.99. The SMILES string of the molecule is CC(C)(C)OC(=O)N1CC(C(O)c2c(F)c(F)cc(F)c2F)C1. The van der Waals surface area contributed by atoms with Crippen molar-refractivity contribution in [2.75, 3.05) is 13.1 Å². The Kier molecular flexibility index (Phi) is 4.57. The number of carbonyl (C=O) groups excluding carboxylic acids is 1. The third-order valence-electron chi connectivity index (χ3n) is 3.45. The van der Waals surface area contributed by atoms with Crippen LogP contribution in [0.25, 0.3) is 0 Å². The molecule has 1 N–H and O–H groups in total. The minimum absolute atomic E-state index is 0.0346. The van der Waals surface area contributed by atoms with Crippen LogP contribution in [0.4, 0.5) is 22.4 Å². The molecule has 0 aromatic heterocycles. The normalized spacial score (nSPS) is 17.0. The van der Waals surface area contributed by atoms with Crippen molar-refractivity contribution in [3.05, 3.63) is 34.9 Å². The summed E-state index contributed by atoms with van der Waals surface area (Å²) >= 11 is 0. The van der Waals surface area contributed by atoms with E-state index in [2.05, 4.69) is 0 Å². The Morgan fingerprint density at radius 1 is 1.22 bits per heavy atom. The molecule has 128 valence electrons. The lowest BCUT2D eigenvalue weighted by atomic mass is 9.88. The van der Waals surface area contributed by atoms with Gasteiger partial charge in [-0.05, 0) is 20.8 Å². The van der Waals surface area contributed by atoms with Crippen LogP contribution >= 0.6 is 0 Å². The maximum atomic E-state index is 13.6. The molecule has 1 aliphatic rings. The van der Waals surface area contributed by atoms with E-state index in [0.29, 0.717) is 0 Å². The fraction of sp³-hybridized carbons (Fsp3) is 0.533. The van der Waals surface area contributed by atoms with Gasteiger partial charge in [0, 0.05) is 25.1 Å². The van der Waals surface area contributed by atoms with Gasteiger partial charge in [0.2, 0.25) is 0 Å². The molecule has 8 heteroatoms. The van der Waals surface area contributed by atoms with Crippen molar-refractivity contribution in [1.82, 2.24) is 4.90 Å². The van der Waals surface area contributed by atoms with Gasteiger partial charge < -0.3 is 14.7 Å². The zero-order valence-corrected chi connectivity index (χ0v) is 12.9. The smallest absolute Gasteiger partial charge is 0.410 e. The lowest BCUT2D eigenvalue weighted by molar-refractivity contribution is -0.0332. The number of aliphatic hydroxyl groups excluding tert-OH is 1. The van der Waals surface area contributed by atoms with E-state index in [9.17, 15) is 27.5 Å². The van der Waals surface area contributed by atoms with Gasteiger partial charge in [0.25, 0.3) is 0 Å². The molecule has 4 nitrogen and oxygen atoms in total. The van der Waals surface area contributed by atoms with Gasteiger partial charge in [-0.1, -0.05) is 0 Å². The highest BCUT2D eigenvalue weighted by Crippen LogP contribution is 2.35. The zero-order valence-electron chi connectivity index (χ0n) is 12.9. The van der Waals surface area contributed by atoms with E-state index in [4.69, 9.17) is 4.74 Å². The van der Waals surface area contributed by atoms with Gasteiger partial charge in [-0.2, -0.15) is 0 Å². The summed E-state index contributed by atoms with van der Waals surface area (Å²) in [7, 11) is 0. The van der Waals surface area contributed by atoms with E-state index in [0.717, 1.165) is 0 Å². The molecule has 2 rings (SSSR count). The number of amides is 1. The highest BCUT2D eigenvalue weighted by molar-refractivity contribution is 5.69. The Hall–Kier alpha value is -1.83. The summed E-state index contributed by atoms with van der Waals surface area (Å²) in [4.78, 5) is 13.0. The minimum atomic E-state index is -1.76. The molecule has 1 aliphatic heterocycles. The standard InChI is InChI=1S/C15H17F4NO3/c1-15(2,3)23-14(22)20-5-7(6-20)13(21)10-11(18)8(16)4-9(17)12(10)19/h4,7,13,21H,5-6H2,1-3H3. The summed E-state index contributed by atoms with van der Waals surface area (Å²) in [6, 6.07) is 0.0780. The molecular formula is C15H17F4NO3. The highest BCUT2D eigenvalue weighted by atomic mass is 19.2. The first-order valence-electron chi connectivity index (χ1n) is 7.00. The Morgan fingerprint density at radius 2 is 1.70 bits per heavy atom. The molecule has 1 amide bonds. The molecule has 1 saturated heterocycles. The molecular weight excluding hydrogens is 318 g/mol. The molecule has 1 heterocycles. The lowest BCUT2D eigenvalue weighted by Gasteiger charge is -2.42. The maximum absolute atomic E-state index is 13.6. The zero-order chi connectivity index (χ0) is 17.5. The minimum Gasteiger partial charge on any atom is -0.444 e. The van der Waals surface area contributed by atoms with E-state index >= 15 is 0 Å². The molecule has 1 fully saturated rings. The van der Waals surface area contributed by atoms with Crippen LogP contribution < -0.4 is 0 Å². The molecule has 1 aromatic carbocycles. The highest BCUT2D eigenvalue weighted by Gasteiger charge is 2.40. The second-order valence-electron chi connectivity index (χ2n) is 6.47. The summed E-state index contributed by atoms with van der Waals surface area (Å²) < 4.78 is 58.7. The Labute approximate surface area is 130 Å². The Bertz CT molecular complexity index is 598. The van der Waals surface area contributed by atoms with Crippen LogP contribution in [0.1, 0.15) is 32.4 Å². The van der Waals surface area contributed by atoms with E-state index in [-0.39, 0.29) is 19.2 Å². The third kappa shape index (κ3) is 3.57. The van der Waals surface area contributed by atoms with Crippen molar-refractivity contribution in [3.63, 3.8) is 0 Å². The quantitative estimate of drug-likeness (QED) is 0.667. The number of hydrogen-bond donors (Lipinski definition) is 1. The fourth-order valence-corrected chi connectivity index (χ4v) is 2.27. The molecule has 23 heavy (non-hydrogen) atoms. The van der Waals surface area contributed by atoms with Crippen molar-refractivity contribution in [2.24, 2.45) is 5.92 Å². The maximum Gasteiger partial charge on any atom is 0.410 e. The first-order valence-corrected chi connectivity index (χ1v) is 7.00. The van der Waals surface area contributed by atoms with Gasteiger partial charge in [0.1, 0.15) is 5.60 Å². The van der Waals surface area contributed by atoms with E-state index in [1.807, 2.05) is 0 Å². The van der Waals surface area contributed by atoms with E-state index in [1.54, 1.807) is 20.8 Å². The van der Waals surface area contributed by atoms with Gasteiger partial charge in [-0.3, -0.25) is 0 Å². The molecule has 0 spiro atoms. The monoisotopic (exact) mass is 335 g/mol. The van der Waals surface area contributed by atoms with Crippen LogP contribution in [0.2, 0.25) is 0 Å². The Balaban J connectivity index is 2.08. The summed E-state index contributed by atoms with van der Waals surface area (Å²) in [5.41, 5.74) is -1.76. The summed E-state index contributed by atoms with van der Waals surface area (Å²) in [6.45, 7) is 4.96. The number of likely N-dealkylation sites (tertiary alicyclic amines) is 1. The average molecular weight is 335 g/mol. The predicted molar refractivity (Wildman–Crippen MR) is 72.5 cm³/mol. The van der Waals surface area contributed by atoms with Crippen molar-refractivity contribution in [2.45, 2.75) is 32.5 Å². The van der Waals surface area contributed by atoms with E-state index < -0.39 is 52.5 Å². The molecule has 0 saturated carbocycles. The summed E-state index contributed by atoms with van der Waals surface area (Å²) in [5, 5.41) is 9.99. The molecule has 1 unspecified atom stereocenters. The summed E-state index contributed by atoms with van der Waals surface area (Å²) in [6.07, 6.45) is -2.40. The number of hydrogen-bond acceptors (Lipinski definition) is 3. The largest absolute Gasteiger partial charge is 0.444 e. The number of carbonyl (C=O) groups is 1. The van der Waals surface area contributed by atoms with E-state index in [1.165, 1.54) is 4.90 Å². The number of benzene rings is 1. The van der Waals surface area contributed by atoms with Crippen molar-refractivity contribution >= 4 is 6.09 Å². The molecule has 0 bridgehead atoms. The topological polar surface area (TPSA) is 49.8 Å². The van der Waals surface area contributed by atoms with Crippen LogP contribution in [0, 0.1) is 29.2 Å². The molecule has 1 atom stereocenters. The van der Waals surface area contributed by atoms with Crippen LogP contribution in [0.15, 0.2) is 6.07 Å². The fourth-order valence-electron chi connectivity index (χ4n) is 2.27. The summed E-state index contributed by atoms with van der Waals surface area (Å²) in [5.74, 6) is -7.17. The first-order chi connectivity index (χ1) is 10.5. The average Bonchev–Trinajstić information content (AvgIpc) is 2.32. The first kappa shape index (κ1) is 17.5. The van der Waals surface area contributed by atoms with Gasteiger partial charge in [-0.25, -0.2) is 22.4 Å². The lowest BCUT2D eigenvalue weighted by Crippen LogP contribution is -2.53. The second-order valence-corrected chi connectivity index (χ2v) is 6.47. The number of ether oxygens (including phenoxy) is 1. The van der Waals surface area contributed by atoms with Gasteiger partial charge >= 0.3 is 6.09 Å². The number of nitrogens with zero attached hydrogens (tertiary/aromatic N) is 1. The number of rotatable bonds is 2. The van der Waals surface area contributed by atoms with Crippen molar-refractivity contribution in [3.8, 4) is 0 Å². The third-order valence-corrected chi connectivity index (χ3v) is 3.45.